The van der Waals surface area contributed by atoms with Crippen molar-refractivity contribution < 1.29 is 0 Å². The lowest BCUT2D eigenvalue weighted by molar-refractivity contribution is -0.0204. The van der Waals surface area contributed by atoms with Gasteiger partial charge in [0.05, 0.1) is 11.6 Å². The molecule has 0 aromatic carbocycles. The van der Waals surface area contributed by atoms with E-state index < -0.39 is 0 Å². The summed E-state index contributed by atoms with van der Waals surface area (Å²) in [5, 5.41) is 16.2. The van der Waals surface area contributed by atoms with Crippen molar-refractivity contribution in [3.05, 3.63) is 0 Å². The maximum absolute atomic E-state index is 8.40. The molecule has 86 valence electrons. The monoisotopic (exact) mass is 218 g/mol. The van der Waals surface area contributed by atoms with Gasteiger partial charge >= 0.3 is 0 Å². The molecule has 4 saturated carbocycles. The summed E-state index contributed by atoms with van der Waals surface area (Å²) in [6.07, 6.45) is 8.13. The minimum atomic E-state index is 0.166. The van der Waals surface area contributed by atoms with Gasteiger partial charge in [0, 0.05) is 0 Å². The summed E-state index contributed by atoms with van der Waals surface area (Å²) in [5.74, 6) is 2.76. The van der Waals surface area contributed by atoms with Gasteiger partial charge in [-0.25, -0.2) is 0 Å². The average Bonchev–Trinajstić information content (AvgIpc) is 2.22. The molecule has 4 nitrogen and oxygen atoms in total. The molecule has 1 N–H and O–H groups in total. The van der Waals surface area contributed by atoms with Gasteiger partial charge in [-0.1, -0.05) is 5.22 Å². The maximum atomic E-state index is 8.40. The van der Waals surface area contributed by atoms with Crippen LogP contribution in [0, 0.1) is 29.1 Å². The Morgan fingerprint density at radius 3 is 2.19 bits per heavy atom. The summed E-state index contributed by atoms with van der Waals surface area (Å²) in [6.45, 7) is 0.166. The third-order valence-corrected chi connectivity index (χ3v) is 4.54. The molecule has 4 rings (SSSR count). The number of hydrogen-bond donors (Lipinski definition) is 1. The van der Waals surface area contributed by atoms with Gasteiger partial charge in [0.2, 0.25) is 0 Å². The van der Waals surface area contributed by atoms with Crippen LogP contribution in [0.25, 0.3) is 0 Å². The summed E-state index contributed by atoms with van der Waals surface area (Å²) in [7, 11) is 0. The van der Waals surface area contributed by atoms with Gasteiger partial charge in [0.25, 0.3) is 0 Å². The molecule has 0 aliphatic heterocycles. The van der Waals surface area contributed by atoms with Crippen LogP contribution in [0.5, 0.6) is 0 Å². The molecule has 4 aliphatic carbocycles. The maximum Gasteiger partial charge on any atom is 0.149 e. The van der Waals surface area contributed by atoms with E-state index in [1.54, 1.807) is 0 Å². The van der Waals surface area contributed by atoms with Gasteiger partial charge in [-0.2, -0.15) is 10.4 Å². The first-order valence-corrected chi connectivity index (χ1v) is 6.30. The highest BCUT2D eigenvalue weighted by Crippen LogP contribution is 2.55. The van der Waals surface area contributed by atoms with Crippen molar-refractivity contribution in [2.45, 2.75) is 44.1 Å². The molecule has 4 heteroatoms. The zero-order valence-electron chi connectivity index (χ0n) is 9.52. The van der Waals surface area contributed by atoms with E-state index in [0.717, 1.165) is 17.8 Å². The molecule has 0 spiro atoms. The first kappa shape index (κ1) is 10.1. The van der Waals surface area contributed by atoms with Gasteiger partial charge in [0.15, 0.2) is 0 Å². The molecule has 0 atom stereocenters. The van der Waals surface area contributed by atoms with Crippen LogP contribution < -0.4 is 5.43 Å². The second kappa shape index (κ2) is 3.73. The molecule has 0 aromatic rings. The quantitative estimate of drug-likeness (QED) is 0.449. The predicted molar refractivity (Wildman–Crippen MR) is 59.4 cm³/mol. The van der Waals surface area contributed by atoms with Crippen molar-refractivity contribution >= 4 is 0 Å². The van der Waals surface area contributed by atoms with Crippen molar-refractivity contribution in [1.82, 2.24) is 5.43 Å². The second-order valence-corrected chi connectivity index (χ2v) is 5.87. The number of nitrogens with one attached hydrogen (secondary N) is 1. The van der Waals surface area contributed by atoms with E-state index in [0.29, 0.717) is 0 Å². The molecular weight excluding hydrogens is 200 g/mol. The Kier molecular flexibility index (Phi) is 2.34. The van der Waals surface area contributed by atoms with Crippen LogP contribution in [0.15, 0.2) is 10.3 Å². The smallest absolute Gasteiger partial charge is 0.149 e. The molecule has 0 radical (unpaired) electrons. The number of rotatable bonds is 3. The van der Waals surface area contributed by atoms with Gasteiger partial charge in [-0.15, -0.1) is 0 Å². The summed E-state index contributed by atoms with van der Waals surface area (Å²) in [6, 6.07) is 1.98. The SMILES string of the molecule is N#CCN=NNC12CC3CC(CC(C3)C1)C2. The zero-order chi connectivity index (χ0) is 11.0. The Morgan fingerprint density at radius 1 is 1.12 bits per heavy atom. The lowest BCUT2D eigenvalue weighted by Gasteiger charge is -2.56. The highest BCUT2D eigenvalue weighted by atomic mass is 15.4. The molecule has 16 heavy (non-hydrogen) atoms. The summed E-state index contributed by atoms with van der Waals surface area (Å²) in [4.78, 5) is 0. The molecule has 4 fully saturated rings. The number of hydrogen-bond acceptors (Lipinski definition) is 3. The Hall–Kier alpha value is -1.11. The molecular formula is C12H18N4. The fraction of sp³-hybridized carbons (Fsp3) is 0.917. The van der Waals surface area contributed by atoms with Crippen LogP contribution in [0.1, 0.15) is 38.5 Å². The highest BCUT2D eigenvalue weighted by Gasteiger charge is 2.51. The lowest BCUT2D eigenvalue weighted by Crippen LogP contribution is -2.56. The fourth-order valence-electron chi connectivity index (χ4n) is 4.46. The first-order chi connectivity index (χ1) is 7.80. The van der Waals surface area contributed by atoms with E-state index >= 15 is 0 Å². The van der Waals surface area contributed by atoms with Crippen LogP contribution in [-0.4, -0.2) is 12.1 Å². The van der Waals surface area contributed by atoms with Crippen LogP contribution in [0.2, 0.25) is 0 Å². The van der Waals surface area contributed by atoms with Gasteiger partial charge in [0.1, 0.15) is 6.54 Å². The minimum absolute atomic E-state index is 0.166. The fourth-order valence-corrected chi connectivity index (χ4v) is 4.46. The summed E-state index contributed by atoms with van der Waals surface area (Å²) < 4.78 is 0. The molecule has 4 aliphatic rings. The topological polar surface area (TPSA) is 60.5 Å². The average molecular weight is 218 g/mol. The number of nitriles is 1. The normalized spacial score (nSPS) is 44.8. The van der Waals surface area contributed by atoms with Crippen LogP contribution in [-0.2, 0) is 0 Å². The van der Waals surface area contributed by atoms with E-state index in [1.807, 2.05) is 6.07 Å². The van der Waals surface area contributed by atoms with Gasteiger partial charge in [-0.3, -0.25) is 5.43 Å². The Labute approximate surface area is 96.1 Å². The van der Waals surface area contributed by atoms with Crippen molar-refractivity contribution in [2.24, 2.45) is 28.1 Å². The highest BCUT2D eigenvalue weighted by molar-refractivity contribution is 5.05. The van der Waals surface area contributed by atoms with Crippen LogP contribution in [0.4, 0.5) is 0 Å². The standard InChI is InChI=1S/C12H18N4/c13-1-2-14-16-15-12-6-9-3-10(7-12)5-11(4-9)8-12/h9-11H,2-8H2,(H,14,15). The van der Waals surface area contributed by atoms with Crippen LogP contribution in [0.3, 0.4) is 0 Å². The van der Waals surface area contributed by atoms with Gasteiger partial charge in [-0.05, 0) is 56.3 Å². The molecule has 0 saturated heterocycles. The molecule has 0 unspecified atom stereocenters. The van der Waals surface area contributed by atoms with Crippen molar-refractivity contribution in [3.63, 3.8) is 0 Å². The zero-order valence-corrected chi connectivity index (χ0v) is 9.52. The van der Waals surface area contributed by atoms with E-state index in [4.69, 9.17) is 5.26 Å². The first-order valence-electron chi connectivity index (χ1n) is 6.30. The minimum Gasteiger partial charge on any atom is -0.286 e. The molecule has 0 heterocycles. The summed E-state index contributed by atoms with van der Waals surface area (Å²) in [5.41, 5.74) is 3.50. The van der Waals surface area contributed by atoms with Crippen molar-refractivity contribution in [3.8, 4) is 6.07 Å². The van der Waals surface area contributed by atoms with Crippen molar-refractivity contribution in [1.29, 1.82) is 5.26 Å². The predicted octanol–water partition coefficient (Wildman–Crippen LogP) is 2.44. The Morgan fingerprint density at radius 2 is 1.69 bits per heavy atom. The third-order valence-electron chi connectivity index (χ3n) is 4.54. The molecule has 4 bridgehead atoms. The van der Waals surface area contributed by atoms with E-state index in [-0.39, 0.29) is 12.1 Å². The van der Waals surface area contributed by atoms with E-state index in [2.05, 4.69) is 15.8 Å². The van der Waals surface area contributed by atoms with E-state index in [1.165, 1.54) is 38.5 Å². The van der Waals surface area contributed by atoms with Crippen molar-refractivity contribution in [2.75, 3.05) is 6.54 Å². The second-order valence-electron chi connectivity index (χ2n) is 5.87. The third kappa shape index (κ3) is 1.68. The largest absolute Gasteiger partial charge is 0.286 e. The molecule has 0 amide bonds. The van der Waals surface area contributed by atoms with Crippen LogP contribution >= 0.6 is 0 Å². The Balaban J connectivity index is 1.67. The summed E-state index contributed by atoms with van der Waals surface area (Å²) >= 11 is 0. The molecule has 0 aromatic heterocycles. The van der Waals surface area contributed by atoms with Gasteiger partial charge < -0.3 is 0 Å². The number of nitrogens with zero attached hydrogens (tertiary/aromatic N) is 3. The van der Waals surface area contributed by atoms with E-state index in [9.17, 15) is 0 Å². The Bertz CT molecular complexity index is 306. The lowest BCUT2D eigenvalue weighted by atomic mass is 9.53.